The molecule has 0 amide bonds. The van der Waals surface area contributed by atoms with Gasteiger partial charge in [0.05, 0.1) is 12.5 Å². The van der Waals surface area contributed by atoms with E-state index in [0.29, 0.717) is 18.9 Å². The van der Waals surface area contributed by atoms with E-state index in [1.165, 1.54) is 12.8 Å². The van der Waals surface area contributed by atoms with Crippen molar-refractivity contribution in [3.8, 4) is 0 Å². The summed E-state index contributed by atoms with van der Waals surface area (Å²) < 4.78 is 7.73. The summed E-state index contributed by atoms with van der Waals surface area (Å²) in [4.78, 5) is 16.3. The number of imidazole rings is 1. The first-order chi connectivity index (χ1) is 9.29. The van der Waals surface area contributed by atoms with E-state index >= 15 is 0 Å². The molecular weight excluding hydrogens is 240 g/mol. The van der Waals surface area contributed by atoms with E-state index in [9.17, 15) is 4.79 Å². The molecule has 106 valence electrons. The van der Waals surface area contributed by atoms with Gasteiger partial charge in [0.2, 0.25) is 0 Å². The van der Waals surface area contributed by atoms with Gasteiger partial charge in [0.1, 0.15) is 11.6 Å². The molecule has 1 saturated heterocycles. The summed E-state index contributed by atoms with van der Waals surface area (Å²) in [7, 11) is 0. The summed E-state index contributed by atoms with van der Waals surface area (Å²) in [5, 5.41) is 0. The molecule has 0 N–H and O–H groups in total. The Morgan fingerprint density at radius 3 is 3.16 bits per heavy atom. The maximum Gasteiger partial charge on any atom is 0.140 e. The number of ether oxygens (including phenoxy) is 1. The van der Waals surface area contributed by atoms with Crippen molar-refractivity contribution < 1.29 is 9.53 Å². The highest BCUT2D eigenvalue weighted by Gasteiger charge is 2.16. The third-order valence-corrected chi connectivity index (χ3v) is 3.64. The number of carbonyl (C=O) groups is 1. The number of ketones is 1. The lowest BCUT2D eigenvalue weighted by atomic mass is 10.0. The average Bonchev–Trinajstić information content (AvgIpc) is 2.85. The van der Waals surface area contributed by atoms with Gasteiger partial charge in [0.15, 0.2) is 0 Å². The molecule has 2 heterocycles. The Labute approximate surface area is 115 Å². The predicted molar refractivity (Wildman–Crippen MR) is 74.1 cm³/mol. The summed E-state index contributed by atoms with van der Waals surface area (Å²) >= 11 is 0. The summed E-state index contributed by atoms with van der Waals surface area (Å²) in [6.45, 7) is 3.93. The Balaban J connectivity index is 1.75. The SMILES string of the molecule is CCCn1ccnc1CC(=O)CCC1CCCCO1. The van der Waals surface area contributed by atoms with Crippen molar-refractivity contribution in [1.82, 2.24) is 9.55 Å². The number of hydrogen-bond donors (Lipinski definition) is 0. The van der Waals surface area contributed by atoms with E-state index < -0.39 is 0 Å². The van der Waals surface area contributed by atoms with Crippen LogP contribution in [0.15, 0.2) is 12.4 Å². The third kappa shape index (κ3) is 4.46. The number of Topliss-reactive ketones (excluding diaryl/α,β-unsaturated/α-hetero) is 1. The van der Waals surface area contributed by atoms with Crippen molar-refractivity contribution in [2.75, 3.05) is 6.61 Å². The molecule has 0 radical (unpaired) electrons. The maximum absolute atomic E-state index is 12.0. The lowest BCUT2D eigenvalue weighted by Crippen LogP contribution is -2.20. The molecule has 1 unspecified atom stereocenters. The molecule has 1 aromatic heterocycles. The van der Waals surface area contributed by atoms with Crippen LogP contribution in [0.2, 0.25) is 0 Å². The zero-order chi connectivity index (χ0) is 13.5. The number of hydrogen-bond acceptors (Lipinski definition) is 3. The quantitative estimate of drug-likeness (QED) is 0.760. The van der Waals surface area contributed by atoms with E-state index in [1.807, 2.05) is 6.20 Å². The highest BCUT2D eigenvalue weighted by molar-refractivity contribution is 5.80. The molecule has 0 bridgehead atoms. The van der Waals surface area contributed by atoms with Crippen molar-refractivity contribution >= 4 is 5.78 Å². The van der Waals surface area contributed by atoms with Gasteiger partial charge >= 0.3 is 0 Å². The number of rotatable bonds is 7. The van der Waals surface area contributed by atoms with Gasteiger partial charge < -0.3 is 9.30 Å². The molecule has 0 saturated carbocycles. The van der Waals surface area contributed by atoms with Crippen molar-refractivity contribution in [1.29, 1.82) is 0 Å². The van der Waals surface area contributed by atoms with Gasteiger partial charge in [0, 0.05) is 32.0 Å². The Bertz CT molecular complexity index is 395. The van der Waals surface area contributed by atoms with Gasteiger partial charge in [-0.05, 0) is 32.1 Å². The van der Waals surface area contributed by atoms with Crippen LogP contribution in [-0.4, -0.2) is 28.0 Å². The molecule has 4 nitrogen and oxygen atoms in total. The molecule has 0 aliphatic carbocycles. The number of aromatic nitrogens is 2. The fourth-order valence-corrected chi connectivity index (χ4v) is 2.57. The van der Waals surface area contributed by atoms with Gasteiger partial charge in [-0.3, -0.25) is 4.79 Å². The summed E-state index contributed by atoms with van der Waals surface area (Å²) in [6, 6.07) is 0. The van der Waals surface area contributed by atoms with Crippen LogP contribution in [0.4, 0.5) is 0 Å². The van der Waals surface area contributed by atoms with Crippen molar-refractivity contribution in [2.24, 2.45) is 0 Å². The average molecular weight is 264 g/mol. The van der Waals surface area contributed by atoms with Gasteiger partial charge in [-0.2, -0.15) is 0 Å². The fourth-order valence-electron chi connectivity index (χ4n) is 2.57. The van der Waals surface area contributed by atoms with Crippen LogP contribution in [0.3, 0.4) is 0 Å². The monoisotopic (exact) mass is 264 g/mol. The maximum atomic E-state index is 12.0. The normalized spacial score (nSPS) is 19.5. The molecule has 1 aliphatic heterocycles. The summed E-state index contributed by atoms with van der Waals surface area (Å²) in [5.41, 5.74) is 0. The Kier molecular flexibility index (Phi) is 5.58. The van der Waals surface area contributed by atoms with Gasteiger partial charge in [-0.1, -0.05) is 6.92 Å². The van der Waals surface area contributed by atoms with Gasteiger partial charge in [0.25, 0.3) is 0 Å². The number of nitrogens with zero attached hydrogens (tertiary/aromatic N) is 2. The zero-order valence-electron chi connectivity index (χ0n) is 11.8. The van der Waals surface area contributed by atoms with Crippen LogP contribution < -0.4 is 0 Å². The van der Waals surface area contributed by atoms with Crippen molar-refractivity contribution in [3.63, 3.8) is 0 Å². The van der Waals surface area contributed by atoms with E-state index in [-0.39, 0.29) is 5.78 Å². The molecule has 1 aromatic rings. The second kappa shape index (κ2) is 7.43. The lowest BCUT2D eigenvalue weighted by Gasteiger charge is -2.22. The molecule has 0 aromatic carbocycles. The van der Waals surface area contributed by atoms with Gasteiger partial charge in [-0.15, -0.1) is 0 Å². The molecule has 1 atom stereocenters. The first-order valence-electron chi connectivity index (χ1n) is 7.43. The van der Waals surface area contributed by atoms with Crippen LogP contribution in [0.1, 0.15) is 51.3 Å². The second-order valence-electron chi connectivity index (χ2n) is 5.28. The van der Waals surface area contributed by atoms with Gasteiger partial charge in [-0.25, -0.2) is 4.98 Å². The van der Waals surface area contributed by atoms with E-state index in [1.54, 1.807) is 6.20 Å². The largest absolute Gasteiger partial charge is 0.378 e. The number of aryl methyl sites for hydroxylation is 1. The first-order valence-corrected chi connectivity index (χ1v) is 7.43. The molecule has 19 heavy (non-hydrogen) atoms. The molecule has 4 heteroatoms. The lowest BCUT2D eigenvalue weighted by molar-refractivity contribution is -0.119. The molecule has 2 rings (SSSR count). The van der Waals surface area contributed by atoms with Crippen LogP contribution in [-0.2, 0) is 22.5 Å². The topological polar surface area (TPSA) is 44.1 Å². The standard InChI is InChI=1S/C15H24N2O2/c1-2-9-17-10-8-16-15(17)12-13(18)6-7-14-5-3-4-11-19-14/h8,10,14H,2-7,9,11-12H2,1H3. The third-order valence-electron chi connectivity index (χ3n) is 3.64. The van der Waals surface area contributed by atoms with E-state index in [0.717, 1.165) is 38.2 Å². The van der Waals surface area contributed by atoms with E-state index in [2.05, 4.69) is 16.5 Å². The van der Waals surface area contributed by atoms with E-state index in [4.69, 9.17) is 4.74 Å². The molecule has 0 spiro atoms. The number of carbonyl (C=O) groups excluding carboxylic acids is 1. The minimum Gasteiger partial charge on any atom is -0.378 e. The van der Waals surface area contributed by atoms with Crippen molar-refractivity contribution in [3.05, 3.63) is 18.2 Å². The zero-order valence-corrected chi connectivity index (χ0v) is 11.8. The summed E-state index contributed by atoms with van der Waals surface area (Å²) in [6.07, 6.45) is 10.5. The van der Waals surface area contributed by atoms with Crippen LogP contribution in [0.25, 0.3) is 0 Å². The second-order valence-corrected chi connectivity index (χ2v) is 5.28. The molecule has 1 aliphatic rings. The van der Waals surface area contributed by atoms with Crippen molar-refractivity contribution in [2.45, 2.75) is 64.5 Å². The van der Waals surface area contributed by atoms with Crippen LogP contribution >= 0.6 is 0 Å². The summed E-state index contributed by atoms with van der Waals surface area (Å²) in [5.74, 6) is 1.18. The molecule has 1 fully saturated rings. The first kappa shape index (κ1) is 14.3. The minimum atomic E-state index is 0.276. The fraction of sp³-hybridized carbons (Fsp3) is 0.733. The Hall–Kier alpha value is -1.16. The van der Waals surface area contributed by atoms with Crippen LogP contribution in [0, 0.1) is 0 Å². The van der Waals surface area contributed by atoms with Crippen LogP contribution in [0.5, 0.6) is 0 Å². The minimum absolute atomic E-state index is 0.276. The highest BCUT2D eigenvalue weighted by Crippen LogP contribution is 2.17. The predicted octanol–water partition coefficient (Wildman–Crippen LogP) is 2.75. The highest BCUT2D eigenvalue weighted by atomic mass is 16.5. The Morgan fingerprint density at radius 2 is 2.42 bits per heavy atom. The molecular formula is C15H24N2O2. The Morgan fingerprint density at radius 1 is 1.53 bits per heavy atom. The smallest absolute Gasteiger partial charge is 0.140 e.